The molecule has 1 aromatic carbocycles. The van der Waals surface area contributed by atoms with E-state index in [0.29, 0.717) is 31.9 Å². The molecule has 5 atom stereocenters. The smallest absolute Gasteiger partial charge is 0.299 e. The Hall–Kier alpha value is -3.25. The second-order valence-corrected chi connectivity index (χ2v) is 16.5. The number of imidazole rings is 1. The number of nitrogens with one attached hydrogen (secondary N) is 1. The minimum atomic E-state index is -3.87. The number of benzene rings is 1. The van der Waals surface area contributed by atoms with Gasteiger partial charge >= 0.3 is 0 Å². The van der Waals surface area contributed by atoms with Gasteiger partial charge in [-0.05, 0) is 69.9 Å². The minimum Gasteiger partial charge on any atom is -0.459 e. The Kier molecular flexibility index (Phi) is 9.55. The Morgan fingerprint density at radius 1 is 1.15 bits per heavy atom. The number of hydrogen-bond acceptors (Lipinski definition) is 8. The lowest BCUT2D eigenvalue weighted by Crippen LogP contribution is -2.46. The molecule has 6 rings (SSSR count). The van der Waals surface area contributed by atoms with Gasteiger partial charge in [-0.1, -0.05) is 51.0 Å². The van der Waals surface area contributed by atoms with Crippen LogP contribution in [0.1, 0.15) is 91.4 Å². The van der Waals surface area contributed by atoms with Gasteiger partial charge in [-0.3, -0.25) is 23.7 Å². The number of allylic oxidation sites excluding steroid dienone is 2. The summed E-state index contributed by atoms with van der Waals surface area (Å²) in [4.78, 5) is 48.2. The van der Waals surface area contributed by atoms with Crippen molar-refractivity contribution < 1.29 is 32.3 Å². The molecule has 0 radical (unpaired) electrons. The molecular weight excluding hydrogens is 620 g/mol. The van der Waals surface area contributed by atoms with Crippen LogP contribution in [0.15, 0.2) is 36.4 Å². The highest BCUT2D eigenvalue weighted by Crippen LogP contribution is 2.57. The second-order valence-electron chi connectivity index (χ2n) is 14.3. The standard InChI is InChI=1S/C35H48N4O7S/c1-4-18-45-23-39-28-15-11-10-14-27(28)36-33(39)46-26-19-29-30(40)21-35(32(42)37-47(43,44)34(3)16-17-34)20-25(35)13-9-7-5-6-8-12-24(2)31(41)38(29)22-26/h9-11,13-15,24-26,29H,4-8,12,16-23H2,1-3H3,(H,37,42)/b13-9-/t24-,25+,26+,29-,35+/m0/s1. The van der Waals surface area contributed by atoms with Gasteiger partial charge in [0.05, 0.1) is 33.8 Å². The van der Waals surface area contributed by atoms with Crippen LogP contribution in [0.5, 0.6) is 6.01 Å². The number of Topliss-reactive ketones (excluding diaryl/α,β-unsaturated/α-hetero) is 1. The first kappa shape index (κ1) is 33.6. The lowest BCUT2D eigenvalue weighted by atomic mass is 9.91. The molecule has 256 valence electrons. The lowest BCUT2D eigenvalue weighted by Gasteiger charge is -2.28. The van der Waals surface area contributed by atoms with E-state index < -0.39 is 38.2 Å². The first-order valence-corrected chi connectivity index (χ1v) is 18.7. The summed E-state index contributed by atoms with van der Waals surface area (Å²) in [5, 5.41) is 0. The largest absolute Gasteiger partial charge is 0.459 e. The van der Waals surface area contributed by atoms with Crippen molar-refractivity contribution in [3.05, 3.63) is 36.4 Å². The van der Waals surface area contributed by atoms with E-state index in [1.165, 1.54) is 0 Å². The fourth-order valence-electron chi connectivity index (χ4n) is 7.06. The van der Waals surface area contributed by atoms with E-state index in [1.54, 1.807) is 11.8 Å². The Morgan fingerprint density at radius 2 is 1.94 bits per heavy atom. The SMILES string of the molecule is CCCOCn1c(O[C@@H]2C[C@H]3C(=O)C[C@]4(C(=O)NS(=O)(=O)C5(C)CC5)C[C@H]4/C=C\CCCCC[C@H](C)C(=O)N3C2)nc2ccccc21. The molecule has 1 N–H and O–H groups in total. The van der Waals surface area contributed by atoms with Crippen molar-refractivity contribution in [1.82, 2.24) is 19.2 Å². The quantitative estimate of drug-likeness (QED) is 0.295. The number of carbonyl (C=O) groups is 3. The van der Waals surface area contributed by atoms with Crippen LogP contribution < -0.4 is 9.46 Å². The molecule has 1 aromatic heterocycles. The van der Waals surface area contributed by atoms with Crippen LogP contribution in [-0.4, -0.2) is 70.5 Å². The minimum absolute atomic E-state index is 0.0997. The highest BCUT2D eigenvalue weighted by Gasteiger charge is 2.62. The Bertz CT molecular complexity index is 1650. The van der Waals surface area contributed by atoms with E-state index >= 15 is 0 Å². The number of ether oxygens (including phenoxy) is 2. The molecule has 1 saturated heterocycles. The Morgan fingerprint density at radius 3 is 2.70 bits per heavy atom. The normalized spacial score (nSPS) is 30.1. The lowest BCUT2D eigenvalue weighted by molar-refractivity contribution is -0.141. The van der Waals surface area contributed by atoms with Crippen LogP contribution in [0.2, 0.25) is 0 Å². The number of rotatable bonds is 9. The average molecular weight is 669 g/mol. The van der Waals surface area contributed by atoms with Crippen molar-refractivity contribution in [1.29, 1.82) is 0 Å². The molecule has 11 nitrogen and oxygen atoms in total. The molecule has 2 aliphatic heterocycles. The molecule has 47 heavy (non-hydrogen) atoms. The zero-order valence-corrected chi connectivity index (χ0v) is 28.6. The molecule has 0 bridgehead atoms. The van der Waals surface area contributed by atoms with Crippen LogP contribution in [0.4, 0.5) is 0 Å². The number of carbonyl (C=O) groups excluding carboxylic acids is 3. The van der Waals surface area contributed by atoms with E-state index in [-0.39, 0.29) is 49.6 Å². The van der Waals surface area contributed by atoms with Gasteiger partial charge in [0.15, 0.2) is 5.78 Å². The molecule has 2 amide bonds. The molecule has 0 unspecified atom stereocenters. The van der Waals surface area contributed by atoms with Gasteiger partial charge in [0, 0.05) is 25.4 Å². The maximum atomic E-state index is 14.2. The number of amides is 2. The second kappa shape index (κ2) is 13.3. The molecule has 2 saturated carbocycles. The summed E-state index contributed by atoms with van der Waals surface area (Å²) in [6.07, 6.45) is 10.3. The van der Waals surface area contributed by atoms with Crippen molar-refractivity contribution in [3.63, 3.8) is 0 Å². The fraction of sp³-hybridized carbons (Fsp3) is 0.657. The van der Waals surface area contributed by atoms with Gasteiger partial charge in [0.1, 0.15) is 12.8 Å². The maximum Gasteiger partial charge on any atom is 0.299 e. The van der Waals surface area contributed by atoms with Crippen LogP contribution in [0.3, 0.4) is 0 Å². The van der Waals surface area contributed by atoms with E-state index in [2.05, 4.69) is 10.8 Å². The maximum absolute atomic E-state index is 14.2. The van der Waals surface area contributed by atoms with E-state index in [4.69, 9.17) is 14.5 Å². The molecule has 12 heteroatoms. The molecule has 3 fully saturated rings. The van der Waals surface area contributed by atoms with Crippen molar-refractivity contribution >= 4 is 38.7 Å². The fourth-order valence-corrected chi connectivity index (χ4v) is 8.39. The summed E-state index contributed by atoms with van der Waals surface area (Å²) in [5.41, 5.74) is 0.464. The molecule has 3 heterocycles. The number of sulfonamides is 1. The zero-order valence-electron chi connectivity index (χ0n) is 27.8. The van der Waals surface area contributed by atoms with E-state index in [9.17, 15) is 22.8 Å². The number of ketones is 1. The van der Waals surface area contributed by atoms with Crippen molar-refractivity contribution in [2.45, 2.75) is 115 Å². The summed E-state index contributed by atoms with van der Waals surface area (Å²) in [6, 6.07) is 7.27. The van der Waals surface area contributed by atoms with Crippen LogP contribution in [-0.2, 0) is 35.9 Å². The zero-order chi connectivity index (χ0) is 33.4. The molecule has 2 aromatic rings. The number of aromatic nitrogens is 2. The van der Waals surface area contributed by atoms with Crippen LogP contribution >= 0.6 is 0 Å². The number of para-hydroxylation sites is 2. The first-order valence-electron chi connectivity index (χ1n) is 17.2. The van der Waals surface area contributed by atoms with Gasteiger partial charge in [-0.15, -0.1) is 0 Å². The van der Waals surface area contributed by atoms with Gasteiger partial charge in [0.2, 0.25) is 21.8 Å². The van der Waals surface area contributed by atoms with Gasteiger partial charge in [-0.2, -0.15) is 4.98 Å². The van der Waals surface area contributed by atoms with E-state index in [1.807, 2.05) is 48.8 Å². The number of nitrogens with zero attached hydrogens (tertiary/aromatic N) is 3. The van der Waals surface area contributed by atoms with E-state index in [0.717, 1.165) is 49.6 Å². The first-order chi connectivity index (χ1) is 22.5. The third kappa shape index (κ3) is 6.86. The van der Waals surface area contributed by atoms with Gasteiger partial charge < -0.3 is 14.4 Å². The van der Waals surface area contributed by atoms with Crippen molar-refractivity contribution in [2.75, 3.05) is 13.2 Å². The third-order valence-electron chi connectivity index (χ3n) is 10.6. The third-order valence-corrected chi connectivity index (χ3v) is 12.7. The summed E-state index contributed by atoms with van der Waals surface area (Å²) >= 11 is 0. The summed E-state index contributed by atoms with van der Waals surface area (Å²) < 4.78 is 41.7. The summed E-state index contributed by atoms with van der Waals surface area (Å²) in [7, 11) is -3.87. The summed E-state index contributed by atoms with van der Waals surface area (Å²) in [6.45, 7) is 6.65. The molecule has 0 spiro atoms. The van der Waals surface area contributed by atoms with Crippen LogP contribution in [0, 0.1) is 17.3 Å². The van der Waals surface area contributed by atoms with Gasteiger partial charge in [0.25, 0.3) is 6.01 Å². The average Bonchev–Trinajstić information content (AvgIpc) is 3.87. The monoisotopic (exact) mass is 668 g/mol. The molecular formula is C35H48N4O7S. The Balaban J connectivity index is 1.27. The highest BCUT2D eigenvalue weighted by atomic mass is 32.2. The predicted octanol–water partition coefficient (Wildman–Crippen LogP) is 4.89. The number of fused-ring (bicyclic) bond motifs is 3. The predicted molar refractivity (Wildman–Crippen MR) is 177 cm³/mol. The molecule has 2 aliphatic carbocycles. The van der Waals surface area contributed by atoms with Gasteiger partial charge in [-0.25, -0.2) is 8.42 Å². The van der Waals surface area contributed by atoms with Crippen molar-refractivity contribution in [3.8, 4) is 6.01 Å². The number of hydrogen-bond donors (Lipinski definition) is 1. The highest BCUT2D eigenvalue weighted by molar-refractivity contribution is 7.91. The Labute approximate surface area is 277 Å². The van der Waals surface area contributed by atoms with Crippen molar-refractivity contribution in [2.24, 2.45) is 17.3 Å². The van der Waals surface area contributed by atoms with Crippen LogP contribution in [0.25, 0.3) is 11.0 Å². The molecule has 4 aliphatic rings. The summed E-state index contributed by atoms with van der Waals surface area (Å²) in [5.74, 6) is -1.47. The topological polar surface area (TPSA) is 137 Å².